The van der Waals surface area contributed by atoms with Crippen LogP contribution in [0.3, 0.4) is 0 Å². The van der Waals surface area contributed by atoms with Gasteiger partial charge in [-0.25, -0.2) is 0 Å². The summed E-state index contributed by atoms with van der Waals surface area (Å²) in [6.45, 7) is 10.8. The fourth-order valence-electron chi connectivity index (χ4n) is 2.48. The van der Waals surface area contributed by atoms with E-state index in [0.29, 0.717) is 5.92 Å². The molecule has 0 aliphatic carbocycles. The van der Waals surface area contributed by atoms with Gasteiger partial charge >= 0.3 is 0 Å². The fraction of sp³-hybridized carbons (Fsp3) is 1.00. The van der Waals surface area contributed by atoms with Crippen molar-refractivity contribution in [2.45, 2.75) is 91.4 Å². The predicted octanol–water partition coefficient (Wildman–Crippen LogP) is 5.56. The number of ether oxygens (including phenoxy) is 1. The molecule has 0 radical (unpaired) electrons. The number of hydrogen-bond acceptors (Lipinski definition) is 2. The van der Waals surface area contributed by atoms with Crippen molar-refractivity contribution < 1.29 is 4.74 Å². The Morgan fingerprint density at radius 2 is 1.24 bits per heavy atom. The second kappa shape index (κ2) is 18.0. The molecule has 128 valence electrons. The number of rotatable bonds is 17. The van der Waals surface area contributed by atoms with Gasteiger partial charge < -0.3 is 10.1 Å². The summed E-state index contributed by atoms with van der Waals surface area (Å²) >= 11 is 0. The minimum absolute atomic E-state index is 0.657. The van der Waals surface area contributed by atoms with Crippen LogP contribution in [0.25, 0.3) is 0 Å². The van der Waals surface area contributed by atoms with Crippen LogP contribution in [0.5, 0.6) is 0 Å². The van der Waals surface area contributed by atoms with Crippen LogP contribution < -0.4 is 5.32 Å². The lowest BCUT2D eigenvalue weighted by molar-refractivity contribution is 0.108. The van der Waals surface area contributed by atoms with E-state index in [1.165, 1.54) is 70.8 Å². The smallest absolute Gasteiger partial charge is 0.0489 e. The molecule has 0 heterocycles. The Hall–Kier alpha value is -0.0800. The zero-order chi connectivity index (χ0) is 15.6. The maximum Gasteiger partial charge on any atom is 0.0489 e. The van der Waals surface area contributed by atoms with E-state index in [1.54, 1.807) is 0 Å². The molecule has 0 aromatic carbocycles. The average molecular weight is 300 g/mol. The summed E-state index contributed by atoms with van der Waals surface area (Å²) in [5.41, 5.74) is 0. The minimum atomic E-state index is 0.657. The van der Waals surface area contributed by atoms with Gasteiger partial charge in [-0.15, -0.1) is 0 Å². The van der Waals surface area contributed by atoms with Crippen LogP contribution in [-0.2, 0) is 4.74 Å². The largest absolute Gasteiger partial charge is 0.381 e. The molecule has 0 aliphatic rings. The number of nitrogens with one attached hydrogen (secondary N) is 1. The van der Waals surface area contributed by atoms with Crippen molar-refractivity contribution >= 4 is 0 Å². The highest BCUT2D eigenvalue weighted by molar-refractivity contribution is 4.51. The molecule has 0 spiro atoms. The molecule has 0 saturated heterocycles. The van der Waals surface area contributed by atoms with Gasteiger partial charge in [0, 0.05) is 13.2 Å². The van der Waals surface area contributed by atoms with Crippen molar-refractivity contribution in [2.24, 2.45) is 5.92 Å². The van der Waals surface area contributed by atoms with Crippen molar-refractivity contribution in [3.63, 3.8) is 0 Å². The van der Waals surface area contributed by atoms with E-state index in [1.807, 2.05) is 0 Å². The Kier molecular flexibility index (Phi) is 17.9. The van der Waals surface area contributed by atoms with Crippen LogP contribution in [0.15, 0.2) is 0 Å². The summed E-state index contributed by atoms with van der Waals surface area (Å²) < 4.78 is 5.56. The second-order valence-electron chi connectivity index (χ2n) is 6.75. The van der Waals surface area contributed by atoms with Crippen LogP contribution in [0.4, 0.5) is 0 Å². The third-order valence-corrected chi connectivity index (χ3v) is 3.80. The van der Waals surface area contributed by atoms with E-state index in [0.717, 1.165) is 26.2 Å². The van der Waals surface area contributed by atoms with Crippen LogP contribution in [0.1, 0.15) is 91.4 Å². The average Bonchev–Trinajstić information content (AvgIpc) is 2.46. The number of hydrogen-bond donors (Lipinski definition) is 1. The molecule has 2 heteroatoms. The summed E-state index contributed by atoms with van der Waals surface area (Å²) in [6, 6.07) is 0. The van der Waals surface area contributed by atoms with Crippen molar-refractivity contribution in [3.05, 3.63) is 0 Å². The molecule has 0 saturated carbocycles. The highest BCUT2D eigenvalue weighted by Crippen LogP contribution is 2.10. The Morgan fingerprint density at radius 3 is 1.81 bits per heavy atom. The Balaban J connectivity index is 2.93. The molecule has 21 heavy (non-hydrogen) atoms. The fourth-order valence-corrected chi connectivity index (χ4v) is 2.48. The molecule has 0 rings (SSSR count). The van der Waals surface area contributed by atoms with Crippen molar-refractivity contribution in [2.75, 3.05) is 26.3 Å². The summed E-state index contributed by atoms with van der Waals surface area (Å²) in [6.07, 6.45) is 15.3. The summed E-state index contributed by atoms with van der Waals surface area (Å²) in [7, 11) is 0. The molecule has 0 aromatic heterocycles. The quantitative estimate of drug-likeness (QED) is 0.355. The second-order valence-corrected chi connectivity index (χ2v) is 6.75. The SMILES string of the molecule is CCCCCCCCCCCCNCCCOCC(C)C. The molecule has 0 fully saturated rings. The molecular formula is C19H41NO. The van der Waals surface area contributed by atoms with E-state index in [2.05, 4.69) is 26.1 Å². The van der Waals surface area contributed by atoms with E-state index in [-0.39, 0.29) is 0 Å². The van der Waals surface area contributed by atoms with Crippen molar-refractivity contribution in [3.8, 4) is 0 Å². The first-order valence-corrected chi connectivity index (χ1v) is 9.55. The lowest BCUT2D eigenvalue weighted by Crippen LogP contribution is -2.18. The van der Waals surface area contributed by atoms with Gasteiger partial charge in [0.05, 0.1) is 0 Å². The summed E-state index contributed by atoms with van der Waals surface area (Å²) in [5, 5.41) is 3.52. The Bertz CT molecular complexity index is 182. The molecule has 2 nitrogen and oxygen atoms in total. The normalized spacial score (nSPS) is 11.4. The van der Waals surface area contributed by atoms with Gasteiger partial charge in [-0.2, -0.15) is 0 Å². The molecule has 0 atom stereocenters. The van der Waals surface area contributed by atoms with Gasteiger partial charge in [0.25, 0.3) is 0 Å². The molecule has 1 N–H and O–H groups in total. The third kappa shape index (κ3) is 19.9. The van der Waals surface area contributed by atoms with Crippen LogP contribution in [-0.4, -0.2) is 26.3 Å². The topological polar surface area (TPSA) is 21.3 Å². The van der Waals surface area contributed by atoms with E-state index < -0.39 is 0 Å². The van der Waals surface area contributed by atoms with Gasteiger partial charge in [0.1, 0.15) is 0 Å². The van der Waals surface area contributed by atoms with Gasteiger partial charge in [-0.05, 0) is 31.8 Å². The molecule has 0 bridgehead atoms. The first-order chi connectivity index (χ1) is 10.3. The van der Waals surface area contributed by atoms with Crippen LogP contribution >= 0.6 is 0 Å². The minimum Gasteiger partial charge on any atom is -0.381 e. The van der Waals surface area contributed by atoms with Gasteiger partial charge in [-0.3, -0.25) is 0 Å². The lowest BCUT2D eigenvalue weighted by atomic mass is 10.1. The molecule has 0 aromatic rings. The van der Waals surface area contributed by atoms with E-state index in [9.17, 15) is 0 Å². The summed E-state index contributed by atoms with van der Waals surface area (Å²) in [4.78, 5) is 0. The lowest BCUT2D eigenvalue weighted by Gasteiger charge is -2.07. The maximum absolute atomic E-state index is 5.56. The zero-order valence-corrected chi connectivity index (χ0v) is 15.1. The van der Waals surface area contributed by atoms with Crippen molar-refractivity contribution in [1.29, 1.82) is 0 Å². The van der Waals surface area contributed by atoms with Crippen LogP contribution in [0, 0.1) is 5.92 Å². The highest BCUT2D eigenvalue weighted by Gasteiger charge is 1.95. The Morgan fingerprint density at radius 1 is 0.714 bits per heavy atom. The first-order valence-electron chi connectivity index (χ1n) is 9.55. The van der Waals surface area contributed by atoms with Crippen LogP contribution in [0.2, 0.25) is 0 Å². The highest BCUT2D eigenvalue weighted by atomic mass is 16.5. The molecule has 0 amide bonds. The molecular weight excluding hydrogens is 258 g/mol. The van der Waals surface area contributed by atoms with Crippen molar-refractivity contribution in [1.82, 2.24) is 5.32 Å². The maximum atomic E-state index is 5.56. The summed E-state index contributed by atoms with van der Waals surface area (Å²) in [5.74, 6) is 0.657. The third-order valence-electron chi connectivity index (χ3n) is 3.80. The first kappa shape index (κ1) is 20.9. The monoisotopic (exact) mass is 299 g/mol. The van der Waals surface area contributed by atoms with E-state index >= 15 is 0 Å². The zero-order valence-electron chi connectivity index (χ0n) is 15.1. The van der Waals surface area contributed by atoms with Gasteiger partial charge in [0.2, 0.25) is 0 Å². The predicted molar refractivity (Wildman–Crippen MR) is 95.0 cm³/mol. The van der Waals surface area contributed by atoms with Gasteiger partial charge in [0.15, 0.2) is 0 Å². The molecule has 0 aliphatic heterocycles. The molecule has 0 unspecified atom stereocenters. The Labute approximate surface area is 134 Å². The standard InChI is InChI=1S/C19H41NO/c1-4-5-6-7-8-9-10-11-12-13-15-20-16-14-17-21-18-19(2)3/h19-20H,4-18H2,1-3H3. The number of unbranched alkanes of at least 4 members (excludes halogenated alkanes) is 9. The van der Waals surface area contributed by atoms with Gasteiger partial charge in [-0.1, -0.05) is 78.6 Å². The van der Waals surface area contributed by atoms with E-state index in [4.69, 9.17) is 4.74 Å².